The molecule has 0 aliphatic heterocycles. The van der Waals surface area contributed by atoms with Gasteiger partial charge in [0.15, 0.2) is 0 Å². The predicted molar refractivity (Wildman–Crippen MR) is 81.8 cm³/mol. The van der Waals surface area contributed by atoms with Crippen molar-refractivity contribution in [3.63, 3.8) is 0 Å². The van der Waals surface area contributed by atoms with Gasteiger partial charge in [-0.2, -0.15) is 0 Å². The second-order valence-corrected chi connectivity index (χ2v) is 4.53. The first kappa shape index (κ1) is 13.7. The van der Waals surface area contributed by atoms with E-state index in [1.807, 2.05) is 41.1 Å². The molecule has 0 aliphatic rings. The molecule has 7 heteroatoms. The van der Waals surface area contributed by atoms with Gasteiger partial charge in [-0.05, 0) is 18.2 Å². The molecular formula is C15H13N5O2. The molecule has 2 heterocycles. The van der Waals surface area contributed by atoms with Crippen molar-refractivity contribution in [3.05, 3.63) is 77.0 Å². The van der Waals surface area contributed by atoms with E-state index in [4.69, 9.17) is 0 Å². The minimum Gasteiger partial charge on any atom is -0.357 e. The highest BCUT2D eigenvalue weighted by atomic mass is 16.6. The van der Waals surface area contributed by atoms with Gasteiger partial charge in [0, 0.05) is 30.3 Å². The lowest BCUT2D eigenvalue weighted by molar-refractivity contribution is -0.384. The molecule has 2 aromatic heterocycles. The summed E-state index contributed by atoms with van der Waals surface area (Å²) in [7, 11) is 0. The molecule has 1 aromatic carbocycles. The normalized spacial score (nSPS) is 10.4. The molecule has 3 rings (SSSR count). The van der Waals surface area contributed by atoms with Gasteiger partial charge in [-0.25, -0.2) is 9.97 Å². The van der Waals surface area contributed by atoms with Crippen LogP contribution in [0, 0.1) is 10.1 Å². The van der Waals surface area contributed by atoms with Gasteiger partial charge in [0.2, 0.25) is 5.82 Å². The van der Waals surface area contributed by atoms with Crippen molar-refractivity contribution < 1.29 is 4.92 Å². The Kier molecular flexibility index (Phi) is 3.78. The lowest BCUT2D eigenvalue weighted by atomic mass is 10.3. The number of anilines is 1. The second kappa shape index (κ2) is 6.04. The molecule has 22 heavy (non-hydrogen) atoms. The average Bonchev–Trinajstić information content (AvgIpc) is 3.02. The SMILES string of the molecule is O=[N+]([O-])c1cccnc1NCc1nccn1-c1ccccc1. The van der Waals surface area contributed by atoms with E-state index >= 15 is 0 Å². The average molecular weight is 295 g/mol. The van der Waals surface area contributed by atoms with Crippen LogP contribution in [0.4, 0.5) is 11.5 Å². The summed E-state index contributed by atoms with van der Waals surface area (Å²) < 4.78 is 1.92. The highest BCUT2D eigenvalue weighted by Crippen LogP contribution is 2.21. The Morgan fingerprint density at radius 1 is 1.09 bits per heavy atom. The summed E-state index contributed by atoms with van der Waals surface area (Å²) in [5.41, 5.74) is 0.924. The molecule has 0 radical (unpaired) electrons. The molecule has 0 aliphatic carbocycles. The van der Waals surface area contributed by atoms with Crippen LogP contribution in [0.15, 0.2) is 61.1 Å². The quantitative estimate of drug-likeness (QED) is 0.578. The van der Waals surface area contributed by atoms with E-state index in [2.05, 4.69) is 15.3 Å². The lowest BCUT2D eigenvalue weighted by Gasteiger charge is -2.09. The number of imidazole rings is 1. The van der Waals surface area contributed by atoms with Gasteiger partial charge in [-0.15, -0.1) is 0 Å². The summed E-state index contributed by atoms with van der Waals surface area (Å²) >= 11 is 0. The standard InChI is InChI=1S/C15H13N5O2/c21-20(22)13-7-4-8-17-15(13)18-11-14-16-9-10-19(14)12-5-2-1-3-6-12/h1-10H,11H2,(H,17,18). The van der Waals surface area contributed by atoms with Crippen molar-refractivity contribution in [2.45, 2.75) is 6.54 Å². The van der Waals surface area contributed by atoms with Crippen molar-refractivity contribution in [1.82, 2.24) is 14.5 Å². The number of nitrogens with one attached hydrogen (secondary N) is 1. The van der Waals surface area contributed by atoms with E-state index in [1.165, 1.54) is 18.3 Å². The smallest absolute Gasteiger partial charge is 0.311 e. The first-order valence-corrected chi connectivity index (χ1v) is 6.66. The van der Waals surface area contributed by atoms with Gasteiger partial charge in [0.1, 0.15) is 5.82 Å². The number of para-hydroxylation sites is 1. The van der Waals surface area contributed by atoms with Gasteiger partial charge in [0.25, 0.3) is 0 Å². The molecule has 0 saturated heterocycles. The Morgan fingerprint density at radius 3 is 2.68 bits per heavy atom. The van der Waals surface area contributed by atoms with Crippen molar-refractivity contribution in [2.75, 3.05) is 5.32 Å². The number of hydrogen-bond acceptors (Lipinski definition) is 5. The lowest BCUT2D eigenvalue weighted by Crippen LogP contribution is -2.09. The first-order chi connectivity index (χ1) is 10.8. The maximum absolute atomic E-state index is 11.0. The predicted octanol–water partition coefficient (Wildman–Crippen LogP) is 2.79. The maximum atomic E-state index is 11.0. The summed E-state index contributed by atoms with van der Waals surface area (Å²) in [6.07, 6.45) is 5.05. The number of aromatic nitrogens is 3. The molecule has 0 atom stereocenters. The molecular weight excluding hydrogens is 282 g/mol. The number of pyridine rings is 1. The Morgan fingerprint density at radius 2 is 1.91 bits per heavy atom. The van der Waals surface area contributed by atoms with Gasteiger partial charge in [-0.1, -0.05) is 18.2 Å². The number of nitrogens with zero attached hydrogens (tertiary/aromatic N) is 4. The van der Waals surface area contributed by atoms with Gasteiger partial charge in [-0.3, -0.25) is 10.1 Å². The summed E-state index contributed by atoms with van der Waals surface area (Å²) in [6, 6.07) is 12.7. The zero-order valence-corrected chi connectivity index (χ0v) is 11.6. The van der Waals surface area contributed by atoms with Crippen LogP contribution in [0.2, 0.25) is 0 Å². The Hall–Kier alpha value is -3.22. The van der Waals surface area contributed by atoms with E-state index < -0.39 is 4.92 Å². The van der Waals surface area contributed by atoms with Gasteiger partial charge in [0.05, 0.1) is 11.5 Å². The Balaban J connectivity index is 1.82. The highest BCUT2D eigenvalue weighted by Gasteiger charge is 2.14. The highest BCUT2D eigenvalue weighted by molar-refractivity contribution is 5.55. The summed E-state index contributed by atoms with van der Waals surface area (Å²) in [5, 5.41) is 13.9. The fourth-order valence-electron chi connectivity index (χ4n) is 2.13. The maximum Gasteiger partial charge on any atom is 0.311 e. The number of nitro groups is 1. The molecule has 0 unspecified atom stereocenters. The fourth-order valence-corrected chi connectivity index (χ4v) is 2.13. The summed E-state index contributed by atoms with van der Waals surface area (Å²) in [5.74, 6) is 0.973. The third-order valence-corrected chi connectivity index (χ3v) is 3.15. The van der Waals surface area contributed by atoms with Crippen molar-refractivity contribution >= 4 is 11.5 Å². The molecule has 0 spiro atoms. The minimum absolute atomic E-state index is 0.0553. The van der Waals surface area contributed by atoms with Crippen LogP contribution >= 0.6 is 0 Å². The van der Waals surface area contributed by atoms with Crippen molar-refractivity contribution in [1.29, 1.82) is 0 Å². The van der Waals surface area contributed by atoms with E-state index in [1.54, 1.807) is 6.20 Å². The third-order valence-electron chi connectivity index (χ3n) is 3.15. The van der Waals surface area contributed by atoms with Gasteiger partial charge >= 0.3 is 5.69 Å². The molecule has 7 nitrogen and oxygen atoms in total. The van der Waals surface area contributed by atoms with E-state index in [0.29, 0.717) is 6.54 Å². The number of rotatable bonds is 5. The third kappa shape index (κ3) is 2.78. The molecule has 3 aromatic rings. The zero-order valence-electron chi connectivity index (χ0n) is 11.6. The molecule has 1 N–H and O–H groups in total. The van der Waals surface area contributed by atoms with Crippen LogP contribution in [-0.4, -0.2) is 19.5 Å². The van der Waals surface area contributed by atoms with Gasteiger partial charge < -0.3 is 9.88 Å². The molecule has 0 fully saturated rings. The number of benzene rings is 1. The van der Waals surface area contributed by atoms with Crippen LogP contribution in [0.3, 0.4) is 0 Å². The largest absolute Gasteiger partial charge is 0.357 e. The first-order valence-electron chi connectivity index (χ1n) is 6.66. The second-order valence-electron chi connectivity index (χ2n) is 4.53. The Labute approximate surface area is 126 Å². The van der Waals surface area contributed by atoms with Crippen LogP contribution in [-0.2, 0) is 6.54 Å². The van der Waals surface area contributed by atoms with E-state index in [9.17, 15) is 10.1 Å². The number of hydrogen-bond donors (Lipinski definition) is 1. The summed E-state index contributed by atoms with van der Waals surface area (Å²) in [4.78, 5) is 18.8. The topological polar surface area (TPSA) is 85.9 Å². The van der Waals surface area contributed by atoms with E-state index in [-0.39, 0.29) is 11.5 Å². The van der Waals surface area contributed by atoms with E-state index in [0.717, 1.165) is 11.5 Å². The van der Waals surface area contributed by atoms with Crippen LogP contribution in [0.5, 0.6) is 0 Å². The molecule has 110 valence electrons. The molecule has 0 amide bonds. The van der Waals surface area contributed by atoms with Crippen molar-refractivity contribution in [3.8, 4) is 5.69 Å². The van der Waals surface area contributed by atoms with Crippen LogP contribution in [0.1, 0.15) is 5.82 Å². The minimum atomic E-state index is -0.459. The van der Waals surface area contributed by atoms with Crippen LogP contribution in [0.25, 0.3) is 5.69 Å². The van der Waals surface area contributed by atoms with Crippen molar-refractivity contribution in [2.24, 2.45) is 0 Å². The van der Waals surface area contributed by atoms with Crippen LogP contribution < -0.4 is 5.32 Å². The molecule has 0 saturated carbocycles. The fraction of sp³-hybridized carbons (Fsp3) is 0.0667. The zero-order chi connectivity index (χ0) is 15.4. The summed E-state index contributed by atoms with van der Waals surface area (Å²) in [6.45, 7) is 0.333. The molecule has 0 bridgehead atoms. The monoisotopic (exact) mass is 295 g/mol. The Bertz CT molecular complexity index is 785.